The molecule has 0 N–H and O–H groups in total. The van der Waals surface area contributed by atoms with E-state index in [4.69, 9.17) is 26.6 Å². The molecule has 0 amide bonds. The molecular weight excluding hydrogens is 356 g/mol. The highest BCUT2D eigenvalue weighted by Crippen LogP contribution is 2.38. The Hall–Kier alpha value is 0.194. The Morgan fingerprint density at radius 3 is 1.20 bits per heavy atom. The fourth-order valence-corrected chi connectivity index (χ4v) is 10.4. The summed E-state index contributed by atoms with van der Waals surface area (Å²) in [5.74, 6) is 0. The van der Waals surface area contributed by atoms with Crippen LogP contribution >= 0.6 is 0 Å². The van der Waals surface area contributed by atoms with Gasteiger partial charge in [0.05, 0.1) is 0 Å². The number of hydrogen-bond acceptors (Lipinski definition) is 6. The first-order valence-corrected chi connectivity index (χ1v) is 13.6. The van der Waals surface area contributed by atoms with Crippen LogP contribution in [0.15, 0.2) is 0 Å². The quantitative estimate of drug-likeness (QED) is 0.343. The molecular formula is C17H40O6Si2. The van der Waals surface area contributed by atoms with E-state index in [2.05, 4.69) is 6.92 Å². The summed E-state index contributed by atoms with van der Waals surface area (Å²) in [5.41, 5.74) is 0.105. The molecule has 0 aliphatic heterocycles. The van der Waals surface area contributed by atoms with Crippen molar-refractivity contribution in [2.45, 2.75) is 72.9 Å². The Balaban J connectivity index is 5.73. The normalized spacial score (nSPS) is 14.0. The van der Waals surface area contributed by atoms with Gasteiger partial charge >= 0.3 is 17.6 Å². The van der Waals surface area contributed by atoms with Gasteiger partial charge in [0.15, 0.2) is 0 Å². The lowest BCUT2D eigenvalue weighted by atomic mass is 10.3. The molecule has 0 saturated carbocycles. The van der Waals surface area contributed by atoms with E-state index in [0.29, 0.717) is 45.7 Å². The van der Waals surface area contributed by atoms with E-state index in [1.807, 2.05) is 41.5 Å². The minimum absolute atomic E-state index is 0.105. The van der Waals surface area contributed by atoms with Crippen molar-refractivity contribution in [2.24, 2.45) is 0 Å². The van der Waals surface area contributed by atoms with Crippen LogP contribution < -0.4 is 0 Å². The lowest BCUT2D eigenvalue weighted by Crippen LogP contribution is -2.55. The van der Waals surface area contributed by atoms with Crippen LogP contribution in [0.1, 0.15) is 61.3 Å². The van der Waals surface area contributed by atoms with Crippen LogP contribution in [0.25, 0.3) is 0 Å². The highest BCUT2D eigenvalue weighted by Gasteiger charge is 2.55. The van der Waals surface area contributed by atoms with Crippen molar-refractivity contribution in [3.63, 3.8) is 0 Å². The molecule has 0 bridgehead atoms. The lowest BCUT2D eigenvalue weighted by molar-refractivity contribution is 0.0475. The Kier molecular flexibility index (Phi) is 14.4. The van der Waals surface area contributed by atoms with Gasteiger partial charge in [-0.1, -0.05) is 13.3 Å². The van der Waals surface area contributed by atoms with Gasteiger partial charge in [-0.05, 0) is 48.0 Å². The fourth-order valence-electron chi connectivity index (χ4n) is 3.10. The average molecular weight is 397 g/mol. The average Bonchev–Trinajstić information content (AvgIpc) is 2.56. The Labute approximate surface area is 157 Å². The van der Waals surface area contributed by atoms with E-state index in [0.717, 1.165) is 12.8 Å². The van der Waals surface area contributed by atoms with Gasteiger partial charge in [0.25, 0.3) is 0 Å². The van der Waals surface area contributed by atoms with Gasteiger partial charge in [-0.3, -0.25) is 0 Å². The van der Waals surface area contributed by atoms with E-state index in [-0.39, 0.29) is 5.54 Å². The predicted octanol–water partition coefficient (Wildman–Crippen LogP) is 4.25. The van der Waals surface area contributed by atoms with Gasteiger partial charge in [-0.2, -0.15) is 0 Å². The van der Waals surface area contributed by atoms with Gasteiger partial charge in [-0.25, -0.2) is 0 Å². The molecule has 0 aliphatic carbocycles. The van der Waals surface area contributed by atoms with Crippen LogP contribution in [0.3, 0.4) is 0 Å². The zero-order valence-corrected chi connectivity index (χ0v) is 19.4. The third kappa shape index (κ3) is 8.17. The maximum absolute atomic E-state index is 6.16. The second kappa shape index (κ2) is 14.3. The summed E-state index contributed by atoms with van der Waals surface area (Å²) in [6, 6.07) is 0.669. The molecule has 0 aliphatic rings. The number of hydrogen-bond donors (Lipinski definition) is 0. The molecule has 152 valence electrons. The lowest BCUT2D eigenvalue weighted by Gasteiger charge is -2.39. The zero-order valence-electron chi connectivity index (χ0n) is 17.4. The Bertz CT molecular complexity index is 285. The van der Waals surface area contributed by atoms with E-state index >= 15 is 0 Å². The topological polar surface area (TPSA) is 55.4 Å². The van der Waals surface area contributed by atoms with Crippen molar-refractivity contribution in [3.8, 4) is 0 Å². The summed E-state index contributed by atoms with van der Waals surface area (Å²) in [6.07, 6.45) is 1.95. The molecule has 25 heavy (non-hydrogen) atoms. The minimum atomic E-state index is -2.85. The minimum Gasteiger partial charge on any atom is -0.374 e. The van der Waals surface area contributed by atoms with E-state index in [9.17, 15) is 0 Å². The molecule has 0 saturated heterocycles. The summed E-state index contributed by atoms with van der Waals surface area (Å²) in [6.45, 7) is 17.5. The van der Waals surface area contributed by atoms with Gasteiger partial charge < -0.3 is 26.6 Å². The van der Waals surface area contributed by atoms with Crippen molar-refractivity contribution in [1.29, 1.82) is 0 Å². The van der Waals surface area contributed by atoms with E-state index < -0.39 is 17.6 Å². The summed E-state index contributed by atoms with van der Waals surface area (Å²) in [7, 11) is -5.65. The molecule has 0 radical (unpaired) electrons. The molecule has 0 heterocycles. The summed E-state index contributed by atoms with van der Waals surface area (Å²) >= 11 is 0. The maximum atomic E-state index is 6.16. The second-order valence-corrected chi connectivity index (χ2v) is 11.1. The predicted molar refractivity (Wildman–Crippen MR) is 105 cm³/mol. The van der Waals surface area contributed by atoms with Crippen LogP contribution in [-0.2, 0) is 26.6 Å². The number of rotatable bonds is 17. The summed E-state index contributed by atoms with van der Waals surface area (Å²) in [5, 5.41) is 0. The van der Waals surface area contributed by atoms with Crippen molar-refractivity contribution < 1.29 is 26.6 Å². The van der Waals surface area contributed by atoms with Crippen LogP contribution in [0, 0.1) is 0 Å². The smallest absolute Gasteiger partial charge is 0.374 e. The van der Waals surface area contributed by atoms with Gasteiger partial charge in [0.2, 0.25) is 0 Å². The monoisotopic (exact) mass is 396 g/mol. The van der Waals surface area contributed by atoms with Gasteiger partial charge in [-0.15, -0.1) is 0 Å². The van der Waals surface area contributed by atoms with Crippen LogP contribution in [0.4, 0.5) is 0 Å². The molecule has 1 unspecified atom stereocenters. The molecule has 0 spiro atoms. The first-order chi connectivity index (χ1) is 12.0. The molecule has 8 heteroatoms. The molecule has 0 aromatic rings. The summed E-state index contributed by atoms with van der Waals surface area (Å²) < 4.78 is 36.7. The van der Waals surface area contributed by atoms with Crippen molar-refractivity contribution >= 4 is 17.6 Å². The molecule has 6 nitrogen and oxygen atoms in total. The highest BCUT2D eigenvalue weighted by molar-refractivity contribution is 6.68. The van der Waals surface area contributed by atoms with Crippen molar-refractivity contribution in [2.75, 3.05) is 39.6 Å². The molecule has 0 aromatic heterocycles. The summed E-state index contributed by atoms with van der Waals surface area (Å²) in [4.78, 5) is 0. The van der Waals surface area contributed by atoms with Gasteiger partial charge in [0, 0.05) is 51.2 Å². The van der Waals surface area contributed by atoms with Crippen LogP contribution in [0.2, 0.25) is 11.6 Å². The second-order valence-electron chi connectivity index (χ2n) is 5.57. The third-order valence-electron chi connectivity index (χ3n) is 3.76. The van der Waals surface area contributed by atoms with Crippen LogP contribution in [0.5, 0.6) is 0 Å². The first kappa shape index (κ1) is 25.2. The SMILES string of the molecule is CCCC(C[Si](OCC)(OCC)OCC)[Si](OCC)(OCC)OCC. The standard InChI is InChI=1S/C17H40O6Si2/c1-8-15-17(25(21-12-5,22-13-6)23-14-7)16-24(18-9-2,19-10-3)20-11-4/h17H,8-16H2,1-7H3. The molecule has 0 aromatic carbocycles. The molecule has 0 rings (SSSR count). The third-order valence-corrected chi connectivity index (χ3v) is 10.9. The maximum Gasteiger partial charge on any atom is 0.504 e. The van der Waals surface area contributed by atoms with Crippen molar-refractivity contribution in [1.82, 2.24) is 0 Å². The zero-order chi connectivity index (χ0) is 19.2. The fraction of sp³-hybridized carbons (Fsp3) is 1.00. The Morgan fingerprint density at radius 1 is 0.560 bits per heavy atom. The van der Waals surface area contributed by atoms with Crippen molar-refractivity contribution in [3.05, 3.63) is 0 Å². The van der Waals surface area contributed by atoms with E-state index in [1.54, 1.807) is 0 Å². The molecule has 0 fully saturated rings. The largest absolute Gasteiger partial charge is 0.504 e. The Morgan fingerprint density at radius 2 is 0.920 bits per heavy atom. The highest BCUT2D eigenvalue weighted by atomic mass is 28.4. The van der Waals surface area contributed by atoms with Gasteiger partial charge in [0.1, 0.15) is 0 Å². The first-order valence-electron chi connectivity index (χ1n) is 9.87. The molecule has 1 atom stereocenters. The van der Waals surface area contributed by atoms with E-state index in [1.165, 1.54) is 0 Å². The van der Waals surface area contributed by atoms with Crippen LogP contribution in [-0.4, -0.2) is 57.3 Å².